The molecule has 0 N–H and O–H groups in total. The Morgan fingerprint density at radius 3 is 2.52 bits per heavy atom. The first-order chi connectivity index (χ1) is 11.8. The molecule has 2 saturated heterocycles. The number of oxazole rings is 1. The van der Waals surface area contributed by atoms with E-state index in [4.69, 9.17) is 13.7 Å². The molecule has 0 radical (unpaired) electrons. The number of hydrogen-bond donors (Lipinski definition) is 0. The summed E-state index contributed by atoms with van der Waals surface area (Å²) in [5, 5.41) is 0. The van der Waals surface area contributed by atoms with E-state index in [2.05, 4.69) is 9.88 Å². The Labute approximate surface area is 147 Å². The summed E-state index contributed by atoms with van der Waals surface area (Å²) in [4.78, 5) is 6.72. The lowest BCUT2D eigenvalue weighted by atomic mass is 9.79. The lowest BCUT2D eigenvalue weighted by molar-refractivity contribution is 0.00578. The molecule has 3 heterocycles. The highest BCUT2D eigenvalue weighted by Crippen LogP contribution is 2.36. The fourth-order valence-electron chi connectivity index (χ4n) is 3.28. The minimum absolute atomic E-state index is 0.166. The van der Waals surface area contributed by atoms with Crippen LogP contribution in [0.25, 0.3) is 11.1 Å². The summed E-state index contributed by atoms with van der Waals surface area (Å²) in [6, 6.07) is 5.83. The largest absolute Gasteiger partial charge is 0.494 e. The predicted octanol–water partition coefficient (Wildman–Crippen LogP) is 2.53. The van der Waals surface area contributed by atoms with Crippen LogP contribution in [-0.4, -0.2) is 48.0 Å². The maximum Gasteiger partial charge on any atom is 0.494 e. The van der Waals surface area contributed by atoms with Crippen molar-refractivity contribution in [2.75, 3.05) is 19.8 Å². The van der Waals surface area contributed by atoms with Gasteiger partial charge in [-0.1, -0.05) is 6.07 Å². The van der Waals surface area contributed by atoms with Gasteiger partial charge in [-0.05, 0) is 45.3 Å². The summed E-state index contributed by atoms with van der Waals surface area (Å²) in [6.07, 6.45) is 0. The van der Waals surface area contributed by atoms with E-state index >= 15 is 0 Å². The van der Waals surface area contributed by atoms with Crippen molar-refractivity contribution in [2.45, 2.75) is 45.4 Å². The second-order valence-electron chi connectivity index (χ2n) is 8.14. The van der Waals surface area contributed by atoms with Crippen LogP contribution in [0.2, 0.25) is 0 Å². The van der Waals surface area contributed by atoms with Gasteiger partial charge in [0.05, 0.1) is 24.4 Å². The van der Waals surface area contributed by atoms with E-state index in [1.54, 1.807) is 0 Å². The highest BCUT2D eigenvalue weighted by Gasteiger charge is 2.51. The molecular weight excluding hydrogens is 322 g/mol. The first kappa shape index (κ1) is 17.0. The van der Waals surface area contributed by atoms with E-state index in [1.807, 2.05) is 45.9 Å². The van der Waals surface area contributed by atoms with Gasteiger partial charge in [0.15, 0.2) is 5.58 Å². The number of rotatable bonds is 4. The molecule has 0 amide bonds. The first-order valence-corrected chi connectivity index (χ1v) is 8.81. The quantitative estimate of drug-likeness (QED) is 0.797. The second-order valence-corrected chi connectivity index (χ2v) is 8.14. The molecule has 0 aliphatic carbocycles. The van der Waals surface area contributed by atoms with Gasteiger partial charge in [-0.15, -0.1) is 0 Å². The standard InChI is InChI=1S/C18H24BFN2O3/c1-17(2)18(3,4)25-19(24-17)13-5-6-15-14(7-13)21-16(23-15)11-22-9-12(8-20)10-22/h5-7,12H,8-11H2,1-4H3. The molecule has 2 aliphatic rings. The molecular formula is C18H24BFN2O3. The SMILES string of the molecule is CC1(C)OB(c2ccc3oc(CN4CC(CF)C4)nc3c2)OC1(C)C. The van der Waals surface area contributed by atoms with Gasteiger partial charge in [0, 0.05) is 19.0 Å². The molecule has 2 aliphatic heterocycles. The van der Waals surface area contributed by atoms with Gasteiger partial charge in [0.2, 0.25) is 5.89 Å². The summed E-state index contributed by atoms with van der Waals surface area (Å²) in [7, 11) is -0.407. The average Bonchev–Trinajstić information content (AvgIpc) is 2.99. The molecule has 0 saturated carbocycles. The van der Waals surface area contributed by atoms with Crippen LogP contribution >= 0.6 is 0 Å². The van der Waals surface area contributed by atoms with Crippen LogP contribution in [0.15, 0.2) is 22.6 Å². The Morgan fingerprint density at radius 2 is 1.88 bits per heavy atom. The van der Waals surface area contributed by atoms with E-state index in [0.29, 0.717) is 12.4 Å². The number of halogens is 1. The third-order valence-electron chi connectivity index (χ3n) is 5.59. The molecule has 1 aromatic heterocycles. The van der Waals surface area contributed by atoms with Crippen molar-refractivity contribution < 1.29 is 18.1 Å². The Hall–Kier alpha value is -1.44. The van der Waals surface area contributed by atoms with Crippen LogP contribution in [0.5, 0.6) is 0 Å². The van der Waals surface area contributed by atoms with E-state index in [1.165, 1.54) is 0 Å². The number of nitrogens with zero attached hydrogens (tertiary/aromatic N) is 2. The average molecular weight is 346 g/mol. The van der Waals surface area contributed by atoms with Gasteiger partial charge in [-0.25, -0.2) is 4.98 Å². The Bertz CT molecular complexity index is 770. The number of likely N-dealkylation sites (tertiary alicyclic amines) is 1. The number of benzene rings is 1. The Balaban J connectivity index is 1.51. The zero-order valence-corrected chi connectivity index (χ0v) is 15.2. The maximum atomic E-state index is 12.5. The first-order valence-electron chi connectivity index (χ1n) is 8.81. The van der Waals surface area contributed by atoms with Crippen molar-refractivity contribution in [3.63, 3.8) is 0 Å². The number of fused-ring (bicyclic) bond motifs is 1. The van der Waals surface area contributed by atoms with Gasteiger partial charge in [-0.3, -0.25) is 9.29 Å². The Kier molecular flexibility index (Phi) is 3.94. The van der Waals surface area contributed by atoms with Gasteiger partial charge in [-0.2, -0.15) is 0 Å². The van der Waals surface area contributed by atoms with Gasteiger partial charge < -0.3 is 13.7 Å². The summed E-state index contributed by atoms with van der Waals surface area (Å²) in [5.74, 6) is 0.831. The molecule has 5 nitrogen and oxygen atoms in total. The maximum absolute atomic E-state index is 12.5. The zero-order valence-electron chi connectivity index (χ0n) is 15.2. The molecule has 0 bridgehead atoms. The normalized spacial score (nSPS) is 23.3. The van der Waals surface area contributed by atoms with Crippen molar-refractivity contribution in [1.82, 2.24) is 9.88 Å². The van der Waals surface area contributed by atoms with Crippen LogP contribution in [0.1, 0.15) is 33.6 Å². The number of hydrogen-bond acceptors (Lipinski definition) is 5. The lowest BCUT2D eigenvalue weighted by Crippen LogP contribution is -2.46. The van der Waals surface area contributed by atoms with Crippen molar-refractivity contribution >= 4 is 23.7 Å². The van der Waals surface area contributed by atoms with Crippen LogP contribution in [0.4, 0.5) is 4.39 Å². The monoisotopic (exact) mass is 346 g/mol. The van der Waals surface area contributed by atoms with Crippen LogP contribution < -0.4 is 5.46 Å². The molecule has 134 valence electrons. The van der Waals surface area contributed by atoms with Crippen LogP contribution in [0.3, 0.4) is 0 Å². The minimum atomic E-state index is -0.407. The molecule has 2 aromatic rings. The van der Waals surface area contributed by atoms with E-state index < -0.39 is 7.12 Å². The van der Waals surface area contributed by atoms with Crippen molar-refractivity contribution in [3.8, 4) is 0 Å². The highest BCUT2D eigenvalue weighted by molar-refractivity contribution is 6.62. The van der Waals surface area contributed by atoms with Crippen molar-refractivity contribution in [2.24, 2.45) is 5.92 Å². The minimum Gasteiger partial charge on any atom is -0.439 e. The molecule has 1 aromatic carbocycles. The third-order valence-corrected chi connectivity index (χ3v) is 5.59. The summed E-state index contributed by atoms with van der Waals surface area (Å²) < 4.78 is 30.5. The lowest BCUT2D eigenvalue weighted by Gasteiger charge is -2.36. The zero-order chi connectivity index (χ0) is 17.8. The third kappa shape index (κ3) is 2.98. The van der Waals surface area contributed by atoms with Crippen LogP contribution in [0, 0.1) is 5.92 Å². The molecule has 0 atom stereocenters. The van der Waals surface area contributed by atoms with Gasteiger partial charge in [0.1, 0.15) is 5.52 Å². The summed E-state index contributed by atoms with van der Waals surface area (Å²) >= 11 is 0. The number of alkyl halides is 1. The van der Waals surface area contributed by atoms with E-state index in [9.17, 15) is 4.39 Å². The molecule has 7 heteroatoms. The molecule has 0 spiro atoms. The highest BCUT2D eigenvalue weighted by atomic mass is 19.1. The predicted molar refractivity (Wildman–Crippen MR) is 94.5 cm³/mol. The molecule has 4 rings (SSSR count). The van der Waals surface area contributed by atoms with E-state index in [-0.39, 0.29) is 23.8 Å². The second kappa shape index (κ2) is 5.79. The molecule has 0 unspecified atom stereocenters. The summed E-state index contributed by atoms with van der Waals surface area (Å²) in [6.45, 7) is 10.1. The molecule has 25 heavy (non-hydrogen) atoms. The molecule has 2 fully saturated rings. The van der Waals surface area contributed by atoms with Gasteiger partial charge >= 0.3 is 7.12 Å². The van der Waals surface area contributed by atoms with Crippen molar-refractivity contribution in [3.05, 3.63) is 24.1 Å². The smallest absolute Gasteiger partial charge is 0.439 e. The van der Waals surface area contributed by atoms with Gasteiger partial charge in [0.25, 0.3) is 0 Å². The van der Waals surface area contributed by atoms with Crippen molar-refractivity contribution in [1.29, 1.82) is 0 Å². The van der Waals surface area contributed by atoms with E-state index in [0.717, 1.165) is 29.7 Å². The van der Waals surface area contributed by atoms with Crippen LogP contribution in [-0.2, 0) is 15.9 Å². The number of aromatic nitrogens is 1. The topological polar surface area (TPSA) is 47.7 Å². The fraction of sp³-hybridized carbons (Fsp3) is 0.611. The summed E-state index contributed by atoms with van der Waals surface area (Å²) in [5.41, 5.74) is 1.74. The Morgan fingerprint density at radius 1 is 1.20 bits per heavy atom. The fourth-order valence-corrected chi connectivity index (χ4v) is 3.28.